The fourth-order valence-corrected chi connectivity index (χ4v) is 2.06. The lowest BCUT2D eigenvalue weighted by Crippen LogP contribution is -2.67. The molecule has 0 spiro atoms. The summed E-state index contributed by atoms with van der Waals surface area (Å²) in [4.78, 5) is 35.5. The number of hydrogen-bond donors (Lipinski definition) is 2. The number of hydrogen-bond acceptors (Lipinski definition) is 6. The number of halogens is 6. The summed E-state index contributed by atoms with van der Waals surface area (Å²) < 4.78 is 90.7. The molecule has 174 valence electrons. The van der Waals surface area contributed by atoms with Crippen molar-refractivity contribution in [2.75, 3.05) is 25.1 Å². The number of urea groups is 1. The fourth-order valence-electron chi connectivity index (χ4n) is 2.06. The van der Waals surface area contributed by atoms with E-state index in [9.17, 15) is 40.7 Å². The Morgan fingerprint density at radius 1 is 0.903 bits per heavy atom. The highest BCUT2D eigenvalue weighted by atomic mass is 19.4. The van der Waals surface area contributed by atoms with E-state index in [-0.39, 0.29) is 17.9 Å². The number of alkyl halides is 6. The van der Waals surface area contributed by atoms with Gasteiger partial charge in [0.15, 0.2) is 0 Å². The highest BCUT2D eigenvalue weighted by Crippen LogP contribution is 2.34. The molecule has 2 N–H and O–H groups in total. The van der Waals surface area contributed by atoms with Crippen molar-refractivity contribution in [1.82, 2.24) is 5.32 Å². The first-order valence-electron chi connectivity index (χ1n) is 8.56. The molecule has 1 aromatic carbocycles. The van der Waals surface area contributed by atoms with Gasteiger partial charge >= 0.3 is 36.0 Å². The largest absolute Gasteiger partial charge is 0.462 e. The summed E-state index contributed by atoms with van der Waals surface area (Å²) in [5, 5.41) is 2.96. The van der Waals surface area contributed by atoms with Gasteiger partial charge in [0, 0.05) is 5.69 Å². The molecule has 0 saturated heterocycles. The van der Waals surface area contributed by atoms with Crippen LogP contribution in [0.5, 0.6) is 0 Å². The first kappa shape index (κ1) is 26.0. The van der Waals surface area contributed by atoms with Crippen molar-refractivity contribution in [1.29, 1.82) is 0 Å². The first-order valence-corrected chi connectivity index (χ1v) is 8.56. The van der Waals surface area contributed by atoms with E-state index in [1.54, 1.807) is 6.92 Å². The second-order valence-electron chi connectivity index (χ2n) is 5.68. The molecule has 8 nitrogen and oxygen atoms in total. The molecule has 0 bridgehead atoms. The molecule has 1 aromatic rings. The normalized spacial score (nSPS) is 13.7. The Morgan fingerprint density at radius 2 is 1.45 bits per heavy atom. The zero-order valence-electron chi connectivity index (χ0n) is 16.1. The van der Waals surface area contributed by atoms with Crippen LogP contribution in [0.3, 0.4) is 0 Å². The standard InChI is InChI=1S/C17H18F6N2O6/c1-3-29-12(26)10-5-7-11(8-6-10)24-14(28)25-16(17(21,22)23,13(27)30-4-2)31-9-15(18,19)20/h5-8H,3-4,9H2,1-2H3,(H2,24,25,28)/t16-/m1/s1. The van der Waals surface area contributed by atoms with E-state index in [0.717, 1.165) is 24.4 Å². The Balaban J connectivity index is 3.10. The van der Waals surface area contributed by atoms with Crippen molar-refractivity contribution in [3.05, 3.63) is 29.8 Å². The topological polar surface area (TPSA) is 103 Å². The van der Waals surface area contributed by atoms with E-state index < -0.39 is 49.3 Å². The summed E-state index contributed by atoms with van der Waals surface area (Å²) in [6.45, 7) is -0.375. The minimum atomic E-state index is -5.81. The molecule has 0 fully saturated rings. The summed E-state index contributed by atoms with van der Waals surface area (Å²) in [6.07, 6.45) is -11.1. The molecule has 0 radical (unpaired) electrons. The van der Waals surface area contributed by atoms with E-state index in [0.29, 0.717) is 0 Å². The Labute approximate surface area is 171 Å². The minimum Gasteiger partial charge on any atom is -0.462 e. The molecule has 0 unspecified atom stereocenters. The van der Waals surface area contributed by atoms with Crippen LogP contribution in [0, 0.1) is 0 Å². The predicted octanol–water partition coefficient (Wildman–Crippen LogP) is 3.39. The zero-order chi connectivity index (χ0) is 23.9. The van der Waals surface area contributed by atoms with Gasteiger partial charge in [0.25, 0.3) is 0 Å². The Bertz CT molecular complexity index is 781. The molecule has 0 saturated carbocycles. The molecule has 0 aliphatic heterocycles. The fraction of sp³-hybridized carbons (Fsp3) is 0.471. The lowest BCUT2D eigenvalue weighted by atomic mass is 10.2. The van der Waals surface area contributed by atoms with Gasteiger partial charge in [0.1, 0.15) is 6.61 Å². The Kier molecular flexibility index (Phi) is 8.66. The summed E-state index contributed by atoms with van der Waals surface area (Å²) in [5.41, 5.74) is -4.51. The minimum absolute atomic E-state index is 0.0671. The molecular weight excluding hydrogens is 442 g/mol. The first-order chi connectivity index (χ1) is 14.3. The number of ether oxygens (including phenoxy) is 3. The molecule has 14 heteroatoms. The van der Waals surface area contributed by atoms with Gasteiger partial charge in [-0.3, -0.25) is 5.32 Å². The predicted molar refractivity (Wildman–Crippen MR) is 92.0 cm³/mol. The number of nitrogens with one attached hydrogen (secondary N) is 2. The van der Waals surface area contributed by atoms with Crippen molar-refractivity contribution < 1.29 is 54.9 Å². The Morgan fingerprint density at radius 3 is 1.90 bits per heavy atom. The number of amides is 2. The molecule has 31 heavy (non-hydrogen) atoms. The molecule has 2 amide bonds. The van der Waals surface area contributed by atoms with Gasteiger partial charge in [-0.2, -0.15) is 26.3 Å². The van der Waals surface area contributed by atoms with Crippen molar-refractivity contribution in [2.24, 2.45) is 0 Å². The van der Waals surface area contributed by atoms with Gasteiger partial charge in [-0.05, 0) is 38.1 Å². The van der Waals surface area contributed by atoms with Crippen LogP contribution < -0.4 is 10.6 Å². The lowest BCUT2D eigenvalue weighted by molar-refractivity contribution is -0.305. The lowest BCUT2D eigenvalue weighted by Gasteiger charge is -2.33. The molecular formula is C17H18F6N2O6. The smallest absolute Gasteiger partial charge is 0.448 e. The van der Waals surface area contributed by atoms with E-state index in [1.807, 2.05) is 5.32 Å². The highest BCUT2D eigenvalue weighted by Gasteiger charge is 2.66. The van der Waals surface area contributed by atoms with Crippen molar-refractivity contribution in [3.8, 4) is 0 Å². The second-order valence-corrected chi connectivity index (χ2v) is 5.68. The summed E-state index contributed by atoms with van der Waals surface area (Å²) >= 11 is 0. The third-order valence-corrected chi connectivity index (χ3v) is 3.36. The van der Waals surface area contributed by atoms with Gasteiger partial charge < -0.3 is 19.5 Å². The zero-order valence-corrected chi connectivity index (χ0v) is 16.1. The van der Waals surface area contributed by atoms with Gasteiger partial charge in [-0.15, -0.1) is 0 Å². The number of carbonyl (C=O) groups is 3. The summed E-state index contributed by atoms with van der Waals surface area (Å²) in [6, 6.07) is 2.85. The maximum atomic E-state index is 13.6. The van der Waals surface area contributed by atoms with E-state index in [2.05, 4.69) is 9.47 Å². The molecule has 1 atom stereocenters. The SMILES string of the molecule is CCOC(=O)c1ccc(NC(=O)N[C@@](OCC(F)(F)F)(C(=O)OCC)C(F)(F)F)cc1. The van der Waals surface area contributed by atoms with Gasteiger partial charge in [0.2, 0.25) is 0 Å². The molecule has 0 aliphatic carbocycles. The quantitative estimate of drug-likeness (QED) is 0.350. The highest BCUT2D eigenvalue weighted by molar-refractivity contribution is 5.95. The number of rotatable bonds is 8. The van der Waals surface area contributed by atoms with Crippen molar-refractivity contribution in [3.63, 3.8) is 0 Å². The van der Waals surface area contributed by atoms with E-state index in [1.165, 1.54) is 12.1 Å². The second kappa shape index (κ2) is 10.3. The number of anilines is 1. The maximum Gasteiger partial charge on any atom is 0.448 e. The third kappa shape index (κ3) is 7.31. The van der Waals surface area contributed by atoms with Crippen LogP contribution in [0.2, 0.25) is 0 Å². The number of carbonyl (C=O) groups excluding carboxylic acids is 3. The van der Waals surface area contributed by atoms with E-state index >= 15 is 0 Å². The Hall–Kier alpha value is -3.03. The average Bonchev–Trinajstić information content (AvgIpc) is 2.64. The van der Waals surface area contributed by atoms with E-state index in [4.69, 9.17) is 4.74 Å². The van der Waals surface area contributed by atoms with Crippen LogP contribution >= 0.6 is 0 Å². The summed E-state index contributed by atoms with van der Waals surface area (Å²) in [7, 11) is 0. The summed E-state index contributed by atoms with van der Waals surface area (Å²) in [5.74, 6) is -2.99. The molecule has 1 rings (SSSR count). The van der Waals surface area contributed by atoms with Crippen LogP contribution in [-0.4, -0.2) is 55.9 Å². The van der Waals surface area contributed by atoms with Gasteiger partial charge in [-0.1, -0.05) is 0 Å². The van der Waals surface area contributed by atoms with Crippen LogP contribution in [0.25, 0.3) is 0 Å². The molecule has 0 aliphatic rings. The van der Waals surface area contributed by atoms with Gasteiger partial charge in [-0.25, -0.2) is 14.4 Å². The van der Waals surface area contributed by atoms with Crippen LogP contribution in [-0.2, 0) is 19.0 Å². The van der Waals surface area contributed by atoms with Crippen LogP contribution in [0.4, 0.5) is 36.8 Å². The average molecular weight is 460 g/mol. The maximum absolute atomic E-state index is 13.6. The van der Waals surface area contributed by atoms with Gasteiger partial charge in [0.05, 0.1) is 18.8 Å². The van der Waals surface area contributed by atoms with Crippen LogP contribution in [0.15, 0.2) is 24.3 Å². The molecule has 0 heterocycles. The van der Waals surface area contributed by atoms with Crippen LogP contribution in [0.1, 0.15) is 24.2 Å². The number of benzene rings is 1. The van der Waals surface area contributed by atoms with Crippen molar-refractivity contribution >= 4 is 23.7 Å². The molecule has 0 aromatic heterocycles. The monoisotopic (exact) mass is 460 g/mol. The third-order valence-electron chi connectivity index (χ3n) is 3.36. The van der Waals surface area contributed by atoms with Crippen molar-refractivity contribution in [2.45, 2.75) is 31.9 Å². The number of esters is 2.